The fourth-order valence-corrected chi connectivity index (χ4v) is 3.52. The van der Waals surface area contributed by atoms with Crippen LogP contribution in [0.3, 0.4) is 0 Å². The van der Waals surface area contributed by atoms with Gasteiger partial charge < -0.3 is 5.32 Å². The third-order valence-corrected chi connectivity index (χ3v) is 4.94. The van der Waals surface area contributed by atoms with Gasteiger partial charge in [-0.2, -0.15) is 4.72 Å². The molecular formula is C14H19ClN2O3S. The van der Waals surface area contributed by atoms with Gasteiger partial charge in [0.15, 0.2) is 0 Å². The molecule has 2 rings (SSSR count). The molecule has 0 aliphatic heterocycles. The third kappa shape index (κ3) is 4.43. The minimum absolute atomic E-state index is 0.0554. The van der Waals surface area contributed by atoms with Crippen molar-refractivity contribution in [2.75, 3.05) is 0 Å². The smallest absolute Gasteiger partial charge is 0.241 e. The number of halogens is 1. The van der Waals surface area contributed by atoms with Gasteiger partial charge in [0, 0.05) is 11.1 Å². The van der Waals surface area contributed by atoms with Crippen LogP contribution in [0.25, 0.3) is 0 Å². The van der Waals surface area contributed by atoms with Crippen molar-refractivity contribution in [1.29, 1.82) is 0 Å². The largest absolute Gasteiger partial charge is 0.352 e. The van der Waals surface area contributed by atoms with Crippen molar-refractivity contribution in [2.24, 2.45) is 5.92 Å². The van der Waals surface area contributed by atoms with Gasteiger partial charge in [-0.1, -0.05) is 31.5 Å². The summed E-state index contributed by atoms with van der Waals surface area (Å²) in [5.74, 6) is -0.434. The Morgan fingerprint density at radius 2 is 2.00 bits per heavy atom. The van der Waals surface area contributed by atoms with Crippen molar-refractivity contribution < 1.29 is 13.2 Å². The van der Waals surface area contributed by atoms with E-state index in [-0.39, 0.29) is 22.8 Å². The topological polar surface area (TPSA) is 75.3 Å². The highest BCUT2D eigenvalue weighted by Gasteiger charge is 2.32. The van der Waals surface area contributed by atoms with Gasteiger partial charge in [-0.05, 0) is 37.0 Å². The van der Waals surface area contributed by atoms with E-state index in [1.165, 1.54) is 12.1 Å². The van der Waals surface area contributed by atoms with Crippen LogP contribution in [0.1, 0.15) is 26.7 Å². The maximum atomic E-state index is 12.4. The average Bonchev–Trinajstić information content (AvgIpc) is 3.19. The summed E-state index contributed by atoms with van der Waals surface area (Å²) in [6.07, 6.45) is 1.91. The van der Waals surface area contributed by atoms with Crippen molar-refractivity contribution in [3.8, 4) is 0 Å². The molecule has 0 heterocycles. The molecule has 0 bridgehead atoms. The van der Waals surface area contributed by atoms with Gasteiger partial charge in [-0.25, -0.2) is 8.42 Å². The molecular weight excluding hydrogens is 312 g/mol. The van der Waals surface area contributed by atoms with E-state index in [1.54, 1.807) is 26.0 Å². The lowest BCUT2D eigenvalue weighted by atomic mass is 10.1. The molecule has 1 unspecified atom stereocenters. The fraction of sp³-hybridized carbons (Fsp3) is 0.500. The second-order valence-electron chi connectivity index (χ2n) is 5.58. The highest BCUT2D eigenvalue weighted by molar-refractivity contribution is 7.89. The van der Waals surface area contributed by atoms with Crippen LogP contribution < -0.4 is 10.0 Å². The third-order valence-electron chi connectivity index (χ3n) is 3.26. The first kappa shape index (κ1) is 16.3. The standard InChI is InChI=1S/C14H19ClN2O3S/c1-9(2)13(14(18)16-11-6-7-11)17-21(19,20)12-5-3-4-10(15)8-12/h3-5,8-9,11,13,17H,6-7H2,1-2H3,(H,16,18). The Balaban J connectivity index is 2.16. The molecule has 1 aromatic rings. The Hall–Kier alpha value is -1.11. The molecule has 0 saturated heterocycles. The number of amides is 1. The van der Waals surface area contributed by atoms with Gasteiger partial charge in [-0.3, -0.25) is 4.79 Å². The van der Waals surface area contributed by atoms with Crippen LogP contribution >= 0.6 is 11.6 Å². The molecule has 1 aliphatic rings. The first-order valence-electron chi connectivity index (χ1n) is 6.88. The molecule has 0 aromatic heterocycles. The average molecular weight is 331 g/mol. The van der Waals surface area contributed by atoms with E-state index < -0.39 is 16.1 Å². The molecule has 7 heteroatoms. The second-order valence-corrected chi connectivity index (χ2v) is 7.73. The Morgan fingerprint density at radius 1 is 1.33 bits per heavy atom. The first-order valence-corrected chi connectivity index (χ1v) is 8.74. The van der Waals surface area contributed by atoms with Crippen LogP contribution in [0.4, 0.5) is 0 Å². The fourth-order valence-electron chi connectivity index (χ4n) is 1.88. The molecule has 21 heavy (non-hydrogen) atoms. The van der Waals surface area contributed by atoms with E-state index in [9.17, 15) is 13.2 Å². The lowest BCUT2D eigenvalue weighted by Gasteiger charge is -2.21. The Kier molecular flexibility index (Phi) is 4.91. The van der Waals surface area contributed by atoms with Gasteiger partial charge in [0.2, 0.25) is 15.9 Å². The van der Waals surface area contributed by atoms with Crippen LogP contribution in [-0.2, 0) is 14.8 Å². The maximum absolute atomic E-state index is 12.4. The van der Waals surface area contributed by atoms with Crippen LogP contribution in [0, 0.1) is 5.92 Å². The maximum Gasteiger partial charge on any atom is 0.241 e. The summed E-state index contributed by atoms with van der Waals surface area (Å²) in [5.41, 5.74) is 0. The lowest BCUT2D eigenvalue weighted by Crippen LogP contribution is -2.50. The van der Waals surface area contributed by atoms with Gasteiger partial charge >= 0.3 is 0 Å². The number of nitrogens with one attached hydrogen (secondary N) is 2. The number of hydrogen-bond acceptors (Lipinski definition) is 3. The summed E-state index contributed by atoms with van der Waals surface area (Å²) in [4.78, 5) is 12.2. The minimum atomic E-state index is -3.78. The van der Waals surface area contributed by atoms with Crippen LogP contribution in [0.2, 0.25) is 5.02 Å². The molecule has 116 valence electrons. The van der Waals surface area contributed by atoms with Crippen LogP contribution in [-0.4, -0.2) is 26.4 Å². The highest BCUT2D eigenvalue weighted by atomic mass is 35.5. The summed E-state index contributed by atoms with van der Waals surface area (Å²) in [6.45, 7) is 3.61. The number of hydrogen-bond donors (Lipinski definition) is 2. The van der Waals surface area contributed by atoms with Crippen LogP contribution in [0.15, 0.2) is 29.2 Å². The number of sulfonamides is 1. The first-order chi connectivity index (χ1) is 9.79. The van der Waals surface area contributed by atoms with Gasteiger partial charge in [0.05, 0.1) is 4.90 Å². The molecule has 0 radical (unpaired) electrons. The summed E-state index contributed by atoms with van der Waals surface area (Å²) >= 11 is 5.82. The number of rotatable bonds is 6. The molecule has 1 atom stereocenters. The van der Waals surface area contributed by atoms with Gasteiger partial charge in [0.25, 0.3) is 0 Å². The SMILES string of the molecule is CC(C)C(NS(=O)(=O)c1cccc(Cl)c1)C(=O)NC1CC1. The van der Waals surface area contributed by atoms with Crippen LogP contribution in [0.5, 0.6) is 0 Å². The van der Waals surface area contributed by atoms with Gasteiger partial charge in [0.1, 0.15) is 6.04 Å². The zero-order chi connectivity index (χ0) is 15.6. The van der Waals surface area contributed by atoms with E-state index >= 15 is 0 Å². The van der Waals surface area contributed by atoms with Crippen molar-refractivity contribution in [3.05, 3.63) is 29.3 Å². The van der Waals surface area contributed by atoms with Crippen molar-refractivity contribution in [1.82, 2.24) is 10.0 Å². The summed E-state index contributed by atoms with van der Waals surface area (Å²) < 4.78 is 27.2. The Morgan fingerprint density at radius 3 is 2.52 bits per heavy atom. The number of carbonyl (C=O) groups excluding carboxylic acids is 1. The summed E-state index contributed by atoms with van der Waals surface area (Å²) in [5, 5.41) is 3.16. The van der Waals surface area contributed by atoms with E-state index in [1.807, 2.05) is 0 Å². The number of benzene rings is 1. The second kappa shape index (κ2) is 6.34. The molecule has 2 N–H and O–H groups in total. The zero-order valence-corrected chi connectivity index (χ0v) is 13.5. The Bertz CT molecular complexity index is 627. The monoisotopic (exact) mass is 330 g/mol. The molecule has 1 amide bonds. The van der Waals surface area contributed by atoms with Gasteiger partial charge in [-0.15, -0.1) is 0 Å². The highest BCUT2D eigenvalue weighted by Crippen LogP contribution is 2.20. The normalized spacial score (nSPS) is 16.8. The van der Waals surface area contributed by atoms with E-state index in [2.05, 4.69) is 10.0 Å². The molecule has 0 spiro atoms. The molecule has 1 aliphatic carbocycles. The van der Waals surface area contributed by atoms with E-state index in [0.717, 1.165) is 12.8 Å². The molecule has 1 saturated carbocycles. The predicted octanol–water partition coefficient (Wildman–Crippen LogP) is 1.92. The van der Waals surface area contributed by atoms with E-state index in [4.69, 9.17) is 11.6 Å². The quantitative estimate of drug-likeness (QED) is 0.836. The summed E-state index contributed by atoms with van der Waals surface area (Å²) in [7, 11) is -3.78. The predicted molar refractivity (Wildman–Crippen MR) is 81.6 cm³/mol. The van der Waals surface area contributed by atoms with Crippen molar-refractivity contribution in [3.63, 3.8) is 0 Å². The zero-order valence-electron chi connectivity index (χ0n) is 12.0. The minimum Gasteiger partial charge on any atom is -0.352 e. The van der Waals surface area contributed by atoms with Crippen molar-refractivity contribution in [2.45, 2.75) is 43.7 Å². The molecule has 1 fully saturated rings. The van der Waals surface area contributed by atoms with E-state index in [0.29, 0.717) is 5.02 Å². The number of carbonyl (C=O) groups is 1. The lowest BCUT2D eigenvalue weighted by molar-refractivity contribution is -0.123. The summed E-state index contributed by atoms with van der Waals surface area (Å²) in [6, 6.07) is 5.36. The molecule has 1 aromatic carbocycles. The molecule has 5 nitrogen and oxygen atoms in total. The van der Waals surface area contributed by atoms with Crippen molar-refractivity contribution >= 4 is 27.5 Å². The Labute approximate surface area is 130 Å².